The van der Waals surface area contributed by atoms with Gasteiger partial charge in [0, 0.05) is 0 Å². The van der Waals surface area contributed by atoms with Gasteiger partial charge in [0.2, 0.25) is 0 Å². The fourth-order valence-corrected chi connectivity index (χ4v) is 1.91. The van der Waals surface area contributed by atoms with Crippen LogP contribution in [0.1, 0.15) is 60.8 Å². The number of rotatable bonds is 6. The van der Waals surface area contributed by atoms with Crippen molar-refractivity contribution in [3.8, 4) is 0 Å². The van der Waals surface area contributed by atoms with Gasteiger partial charge in [0.1, 0.15) is 0 Å². The van der Waals surface area contributed by atoms with Crippen LogP contribution >= 0.6 is 0 Å². The maximum absolute atomic E-state index is 2.42. The van der Waals surface area contributed by atoms with Crippen LogP contribution in [0.25, 0.3) is 0 Å². The van der Waals surface area contributed by atoms with Crippen molar-refractivity contribution in [3.63, 3.8) is 0 Å². The molecule has 0 aliphatic rings. The van der Waals surface area contributed by atoms with E-state index in [4.69, 9.17) is 0 Å². The Balaban J connectivity index is 3.86. The largest absolute Gasteiger partial charge is 0.0654 e. The van der Waals surface area contributed by atoms with Crippen LogP contribution in [0.3, 0.4) is 0 Å². The first kappa shape index (κ1) is 13.0. The second kappa shape index (κ2) is 6.45. The fraction of sp³-hybridized carbons (Fsp3) is 1.00. The van der Waals surface area contributed by atoms with Crippen LogP contribution in [0.5, 0.6) is 0 Å². The van der Waals surface area contributed by atoms with E-state index in [2.05, 4.69) is 41.5 Å². The molecule has 0 saturated carbocycles. The topological polar surface area (TPSA) is 0 Å². The highest BCUT2D eigenvalue weighted by atomic mass is 14.3. The van der Waals surface area contributed by atoms with Gasteiger partial charge >= 0.3 is 0 Å². The molecule has 0 aromatic carbocycles. The summed E-state index contributed by atoms with van der Waals surface area (Å²) in [6.07, 6.45) is 4.15. The highest BCUT2D eigenvalue weighted by Crippen LogP contribution is 2.29. The maximum Gasteiger partial charge on any atom is -0.0389 e. The van der Waals surface area contributed by atoms with Crippen LogP contribution in [0, 0.1) is 23.7 Å². The Labute approximate surface area is 85.1 Å². The molecule has 0 rings (SSSR count). The van der Waals surface area contributed by atoms with Crippen LogP contribution in [0.15, 0.2) is 0 Å². The second-order valence-corrected chi connectivity index (χ2v) is 5.08. The third kappa shape index (κ3) is 4.69. The van der Waals surface area contributed by atoms with Gasteiger partial charge in [-0.05, 0) is 23.7 Å². The monoisotopic (exact) mass is 184 g/mol. The van der Waals surface area contributed by atoms with Gasteiger partial charge in [0.25, 0.3) is 0 Å². The molecule has 0 heterocycles. The smallest absolute Gasteiger partial charge is 0.0389 e. The first-order chi connectivity index (χ1) is 6.00. The minimum absolute atomic E-state index is 0.832. The van der Waals surface area contributed by atoms with Crippen molar-refractivity contribution in [3.05, 3.63) is 0 Å². The Kier molecular flexibility index (Phi) is 6.45. The molecule has 3 unspecified atom stereocenters. The third-order valence-electron chi connectivity index (χ3n) is 3.79. The molecule has 0 radical (unpaired) electrons. The lowest BCUT2D eigenvalue weighted by atomic mass is 9.77. The van der Waals surface area contributed by atoms with E-state index in [9.17, 15) is 0 Å². The van der Waals surface area contributed by atoms with E-state index in [1.54, 1.807) is 0 Å². The molecule has 0 N–H and O–H groups in total. The predicted molar refractivity (Wildman–Crippen MR) is 61.9 cm³/mol. The summed E-state index contributed by atoms with van der Waals surface area (Å²) in [5.74, 6) is 3.48. The van der Waals surface area contributed by atoms with Crippen LogP contribution < -0.4 is 0 Å². The first-order valence-corrected chi connectivity index (χ1v) is 6.00. The van der Waals surface area contributed by atoms with Crippen molar-refractivity contribution in [2.75, 3.05) is 0 Å². The SMILES string of the molecule is CCCCC(C)C(C)C(C)C(C)C. The summed E-state index contributed by atoms with van der Waals surface area (Å²) in [4.78, 5) is 0. The summed E-state index contributed by atoms with van der Waals surface area (Å²) >= 11 is 0. The average molecular weight is 184 g/mol. The van der Waals surface area contributed by atoms with Crippen molar-refractivity contribution in [1.29, 1.82) is 0 Å². The zero-order chi connectivity index (χ0) is 10.4. The summed E-state index contributed by atoms with van der Waals surface area (Å²) in [5.41, 5.74) is 0. The Morgan fingerprint density at radius 1 is 0.846 bits per heavy atom. The predicted octanol–water partition coefficient (Wildman–Crippen LogP) is 4.74. The lowest BCUT2D eigenvalue weighted by molar-refractivity contribution is 0.212. The Morgan fingerprint density at radius 2 is 1.38 bits per heavy atom. The van der Waals surface area contributed by atoms with E-state index in [0.29, 0.717) is 0 Å². The van der Waals surface area contributed by atoms with Gasteiger partial charge in [0.15, 0.2) is 0 Å². The van der Waals surface area contributed by atoms with Crippen molar-refractivity contribution in [1.82, 2.24) is 0 Å². The minimum atomic E-state index is 0.832. The molecule has 0 heteroatoms. The fourth-order valence-electron chi connectivity index (χ4n) is 1.91. The van der Waals surface area contributed by atoms with Gasteiger partial charge in [-0.1, -0.05) is 60.8 Å². The third-order valence-corrected chi connectivity index (χ3v) is 3.79. The summed E-state index contributed by atoms with van der Waals surface area (Å²) in [5, 5.41) is 0. The van der Waals surface area contributed by atoms with Crippen molar-refractivity contribution in [2.24, 2.45) is 23.7 Å². The summed E-state index contributed by atoms with van der Waals surface area (Å²) in [7, 11) is 0. The Morgan fingerprint density at radius 3 is 1.77 bits per heavy atom. The minimum Gasteiger partial charge on any atom is -0.0654 e. The van der Waals surface area contributed by atoms with Gasteiger partial charge in [-0.2, -0.15) is 0 Å². The van der Waals surface area contributed by atoms with Crippen molar-refractivity contribution >= 4 is 0 Å². The lowest BCUT2D eigenvalue weighted by Gasteiger charge is -2.28. The van der Waals surface area contributed by atoms with Crippen molar-refractivity contribution < 1.29 is 0 Å². The van der Waals surface area contributed by atoms with E-state index >= 15 is 0 Å². The van der Waals surface area contributed by atoms with E-state index in [-0.39, 0.29) is 0 Å². The molecule has 13 heavy (non-hydrogen) atoms. The molecular formula is C13H28. The molecule has 0 aromatic heterocycles. The van der Waals surface area contributed by atoms with E-state index < -0.39 is 0 Å². The number of unbranched alkanes of at least 4 members (excludes halogenated alkanes) is 1. The van der Waals surface area contributed by atoms with Crippen LogP contribution in [-0.4, -0.2) is 0 Å². The van der Waals surface area contributed by atoms with Gasteiger partial charge in [-0.3, -0.25) is 0 Å². The lowest BCUT2D eigenvalue weighted by Crippen LogP contribution is -2.20. The van der Waals surface area contributed by atoms with Crippen LogP contribution in [-0.2, 0) is 0 Å². The highest BCUT2D eigenvalue weighted by Gasteiger charge is 2.20. The number of hydrogen-bond acceptors (Lipinski definition) is 0. The summed E-state index contributed by atoms with van der Waals surface area (Å²) in [6, 6.07) is 0. The molecular weight excluding hydrogens is 156 g/mol. The number of hydrogen-bond donors (Lipinski definition) is 0. The second-order valence-electron chi connectivity index (χ2n) is 5.08. The first-order valence-electron chi connectivity index (χ1n) is 6.00. The molecule has 80 valence electrons. The zero-order valence-electron chi connectivity index (χ0n) is 10.4. The molecule has 0 amide bonds. The molecule has 3 atom stereocenters. The molecule has 0 spiro atoms. The Bertz CT molecular complexity index is 115. The van der Waals surface area contributed by atoms with Gasteiger partial charge < -0.3 is 0 Å². The van der Waals surface area contributed by atoms with E-state index in [1.165, 1.54) is 19.3 Å². The standard InChI is InChI=1S/C13H28/c1-7-8-9-11(4)13(6)12(5)10(2)3/h10-13H,7-9H2,1-6H3. The molecule has 0 saturated heterocycles. The summed E-state index contributed by atoms with van der Waals surface area (Å²) < 4.78 is 0. The molecule has 0 aliphatic carbocycles. The van der Waals surface area contributed by atoms with Gasteiger partial charge in [-0.25, -0.2) is 0 Å². The quantitative estimate of drug-likeness (QED) is 0.559. The van der Waals surface area contributed by atoms with Gasteiger partial charge in [-0.15, -0.1) is 0 Å². The molecule has 0 nitrogen and oxygen atoms in total. The molecule has 0 bridgehead atoms. The highest BCUT2D eigenvalue weighted by molar-refractivity contribution is 4.70. The Hall–Kier alpha value is 0. The maximum atomic E-state index is 2.42. The zero-order valence-corrected chi connectivity index (χ0v) is 10.4. The molecule has 0 aliphatic heterocycles. The molecule has 0 fully saturated rings. The van der Waals surface area contributed by atoms with Gasteiger partial charge in [0.05, 0.1) is 0 Å². The van der Waals surface area contributed by atoms with E-state index in [1.807, 2.05) is 0 Å². The van der Waals surface area contributed by atoms with Crippen molar-refractivity contribution in [2.45, 2.75) is 60.8 Å². The summed E-state index contributed by atoms with van der Waals surface area (Å²) in [6.45, 7) is 14.2. The van der Waals surface area contributed by atoms with Crippen LogP contribution in [0.2, 0.25) is 0 Å². The van der Waals surface area contributed by atoms with E-state index in [0.717, 1.165) is 23.7 Å². The van der Waals surface area contributed by atoms with Crippen LogP contribution in [0.4, 0.5) is 0 Å². The molecule has 0 aromatic rings. The average Bonchev–Trinajstić information content (AvgIpc) is 2.11. The normalized spacial score (nSPS) is 18.7.